The first-order valence-corrected chi connectivity index (χ1v) is 11.9. The van der Waals surface area contributed by atoms with E-state index in [2.05, 4.69) is 0 Å². The van der Waals surface area contributed by atoms with Crippen LogP contribution in [0.2, 0.25) is 0 Å². The Morgan fingerprint density at radius 2 is 1.23 bits per heavy atom. The highest BCUT2D eigenvalue weighted by Crippen LogP contribution is 2.38. The molecular weight excluding hydrogens is 544 g/mol. The van der Waals surface area contributed by atoms with Gasteiger partial charge in [-0.2, -0.15) is 26.3 Å². The Bertz CT molecular complexity index is 1260. The van der Waals surface area contributed by atoms with E-state index in [0.717, 1.165) is 35.1 Å². The highest BCUT2D eigenvalue weighted by Gasteiger charge is 2.37. The fourth-order valence-corrected chi connectivity index (χ4v) is 4.54. The van der Waals surface area contributed by atoms with E-state index in [9.17, 15) is 26.3 Å². The monoisotopic (exact) mass is 569 g/mol. The Balaban J connectivity index is 0.000000663. The molecule has 40 heavy (non-hydrogen) atoms. The second-order valence-corrected chi connectivity index (χ2v) is 9.08. The van der Waals surface area contributed by atoms with Gasteiger partial charge in [-0.25, -0.2) is 9.59 Å². The Labute approximate surface area is 225 Å². The number of nitrogens with two attached hydrogens (primary N) is 1. The van der Waals surface area contributed by atoms with Crippen molar-refractivity contribution in [3.63, 3.8) is 0 Å². The normalized spacial score (nSPS) is 14.2. The van der Waals surface area contributed by atoms with Gasteiger partial charge in [-0.15, -0.1) is 0 Å². The van der Waals surface area contributed by atoms with E-state index >= 15 is 0 Å². The van der Waals surface area contributed by atoms with Crippen molar-refractivity contribution in [1.29, 1.82) is 0 Å². The van der Waals surface area contributed by atoms with Crippen LogP contribution in [-0.2, 0) is 46.1 Å². The van der Waals surface area contributed by atoms with Crippen LogP contribution >= 0.6 is 0 Å². The van der Waals surface area contributed by atoms with Crippen molar-refractivity contribution >= 4 is 11.9 Å². The van der Waals surface area contributed by atoms with Gasteiger partial charge in [0.15, 0.2) is 0 Å². The fraction of sp³-hybridized carbons (Fsp3) is 0.286. The van der Waals surface area contributed by atoms with Crippen molar-refractivity contribution in [2.45, 2.75) is 43.8 Å². The zero-order valence-corrected chi connectivity index (χ0v) is 20.8. The molecule has 1 atom stereocenters. The highest BCUT2D eigenvalue weighted by atomic mass is 19.4. The van der Waals surface area contributed by atoms with E-state index in [-0.39, 0.29) is 24.2 Å². The summed E-state index contributed by atoms with van der Waals surface area (Å²) in [6.45, 7) is -0.457. The molecule has 0 bridgehead atoms. The molecule has 0 fully saturated rings. The molecular formula is C28H25F6NO5. The molecule has 0 amide bonds. The number of hydrogen-bond acceptors (Lipinski definition) is 4. The molecule has 12 heteroatoms. The highest BCUT2D eigenvalue weighted by molar-refractivity contribution is 6.27. The van der Waals surface area contributed by atoms with Gasteiger partial charge in [0.25, 0.3) is 0 Å². The van der Waals surface area contributed by atoms with E-state index < -0.39 is 48.1 Å². The van der Waals surface area contributed by atoms with Crippen molar-refractivity contribution in [1.82, 2.24) is 0 Å². The van der Waals surface area contributed by atoms with Crippen LogP contribution in [0.5, 0.6) is 0 Å². The number of aliphatic carboxylic acids is 2. The smallest absolute Gasteiger partial charge is 0.416 e. The average molecular weight is 569 g/mol. The van der Waals surface area contributed by atoms with Gasteiger partial charge >= 0.3 is 24.3 Å². The SMILES string of the molecule is NC(COCc1cc(C(F)(F)F)cc(C(F)(F)F)c1)C1c2ccccc2CCc2ccccc21.O=C(O)C(=O)O. The lowest BCUT2D eigenvalue weighted by atomic mass is 9.83. The predicted octanol–water partition coefficient (Wildman–Crippen LogP) is 5.65. The minimum atomic E-state index is -4.90. The van der Waals surface area contributed by atoms with Crippen LogP contribution in [0.4, 0.5) is 26.3 Å². The third-order valence-corrected chi connectivity index (χ3v) is 6.28. The van der Waals surface area contributed by atoms with Crippen molar-refractivity contribution in [3.05, 3.63) is 106 Å². The van der Waals surface area contributed by atoms with Crippen LogP contribution in [0.1, 0.15) is 44.9 Å². The lowest BCUT2D eigenvalue weighted by molar-refractivity contribution is -0.159. The van der Waals surface area contributed by atoms with Gasteiger partial charge in [0.2, 0.25) is 0 Å². The summed E-state index contributed by atoms with van der Waals surface area (Å²) in [5, 5.41) is 14.8. The number of halogens is 6. The molecule has 1 aliphatic carbocycles. The number of ether oxygens (including phenoxy) is 1. The molecule has 1 aliphatic rings. The van der Waals surface area contributed by atoms with Gasteiger partial charge in [-0.3, -0.25) is 0 Å². The van der Waals surface area contributed by atoms with Crippen LogP contribution in [0, 0.1) is 0 Å². The minimum absolute atomic E-state index is 0.0368. The molecule has 0 spiro atoms. The Kier molecular flexibility index (Phi) is 9.59. The van der Waals surface area contributed by atoms with E-state index in [4.69, 9.17) is 30.3 Å². The van der Waals surface area contributed by atoms with Gasteiger partial charge in [-0.1, -0.05) is 48.5 Å². The van der Waals surface area contributed by atoms with Crippen LogP contribution in [0.25, 0.3) is 0 Å². The summed E-state index contributed by atoms with van der Waals surface area (Å²) in [5.41, 5.74) is 8.02. The quantitative estimate of drug-likeness (QED) is 0.271. The fourth-order valence-electron chi connectivity index (χ4n) is 4.54. The third kappa shape index (κ3) is 7.82. The van der Waals surface area contributed by atoms with Gasteiger partial charge < -0.3 is 20.7 Å². The summed E-state index contributed by atoms with van der Waals surface area (Å²) in [6.07, 6.45) is -8.11. The average Bonchev–Trinajstić information content (AvgIpc) is 3.05. The van der Waals surface area contributed by atoms with Crippen LogP contribution in [0.3, 0.4) is 0 Å². The van der Waals surface area contributed by atoms with Gasteiger partial charge in [-0.05, 0) is 58.9 Å². The number of rotatable bonds is 5. The summed E-state index contributed by atoms with van der Waals surface area (Å²) < 4.78 is 84.3. The molecule has 0 aliphatic heterocycles. The van der Waals surface area contributed by atoms with E-state index in [1.807, 2.05) is 48.5 Å². The van der Waals surface area contributed by atoms with Gasteiger partial charge in [0.05, 0.1) is 24.3 Å². The molecule has 3 aromatic carbocycles. The maximum atomic E-state index is 13.1. The van der Waals surface area contributed by atoms with Crippen molar-refractivity contribution in [3.8, 4) is 0 Å². The van der Waals surface area contributed by atoms with Crippen LogP contribution in [-0.4, -0.2) is 34.8 Å². The Morgan fingerprint density at radius 3 is 1.62 bits per heavy atom. The first-order valence-electron chi connectivity index (χ1n) is 11.9. The number of carboxylic acids is 2. The molecule has 214 valence electrons. The molecule has 0 heterocycles. The van der Waals surface area contributed by atoms with Crippen molar-refractivity contribution in [2.75, 3.05) is 6.61 Å². The lowest BCUT2D eigenvalue weighted by Gasteiger charge is -2.26. The standard InChI is InChI=1S/C26H23F6NO.C2H2O4/c27-25(28,29)19-11-16(12-20(13-19)26(30,31)32)14-34-15-23(33)24-21-7-3-1-5-17(21)9-10-18-6-2-4-8-22(18)24;3-1(4)2(5)6/h1-8,11-13,23-24H,9-10,14-15,33H2;(H,3,4)(H,5,6). The van der Waals surface area contributed by atoms with E-state index in [1.165, 1.54) is 0 Å². The molecule has 0 aromatic heterocycles. The van der Waals surface area contributed by atoms with Gasteiger partial charge in [0, 0.05) is 12.0 Å². The number of hydrogen-bond donors (Lipinski definition) is 3. The maximum absolute atomic E-state index is 13.1. The summed E-state index contributed by atoms with van der Waals surface area (Å²) >= 11 is 0. The molecule has 6 nitrogen and oxygen atoms in total. The summed E-state index contributed by atoms with van der Waals surface area (Å²) in [5.74, 6) is -3.85. The molecule has 1 unspecified atom stereocenters. The van der Waals surface area contributed by atoms with Crippen LogP contribution in [0.15, 0.2) is 66.7 Å². The maximum Gasteiger partial charge on any atom is 0.416 e. The first-order chi connectivity index (χ1) is 18.7. The summed E-state index contributed by atoms with van der Waals surface area (Å²) in [7, 11) is 0. The molecule has 3 aromatic rings. The first kappa shape index (κ1) is 30.6. The topological polar surface area (TPSA) is 110 Å². The number of alkyl halides is 6. The zero-order valence-electron chi connectivity index (χ0n) is 20.8. The molecule has 0 saturated heterocycles. The van der Waals surface area contributed by atoms with Crippen molar-refractivity contribution in [2.24, 2.45) is 5.73 Å². The van der Waals surface area contributed by atoms with Crippen molar-refractivity contribution < 1.29 is 50.9 Å². The minimum Gasteiger partial charge on any atom is -0.473 e. The van der Waals surface area contributed by atoms with Crippen LogP contribution < -0.4 is 5.73 Å². The predicted molar refractivity (Wildman–Crippen MR) is 131 cm³/mol. The van der Waals surface area contributed by atoms with Gasteiger partial charge in [0.1, 0.15) is 0 Å². The third-order valence-electron chi connectivity index (χ3n) is 6.28. The van der Waals surface area contributed by atoms with E-state index in [0.29, 0.717) is 12.1 Å². The number of carbonyl (C=O) groups is 2. The second kappa shape index (κ2) is 12.5. The summed E-state index contributed by atoms with van der Waals surface area (Å²) in [4.78, 5) is 18.2. The lowest BCUT2D eigenvalue weighted by Crippen LogP contribution is -2.34. The molecule has 4 rings (SSSR count). The Morgan fingerprint density at radius 1 is 0.800 bits per heavy atom. The number of benzene rings is 3. The molecule has 4 N–H and O–H groups in total. The Hall–Kier alpha value is -3.90. The molecule has 0 radical (unpaired) electrons. The number of fused-ring (bicyclic) bond motifs is 2. The molecule has 0 saturated carbocycles. The largest absolute Gasteiger partial charge is 0.473 e. The number of carboxylic acid groups (broad SMARTS) is 2. The van der Waals surface area contributed by atoms with E-state index in [1.54, 1.807) is 0 Å². The second-order valence-electron chi connectivity index (χ2n) is 9.08. The number of aryl methyl sites for hydroxylation is 2. The summed E-state index contributed by atoms with van der Waals surface area (Å²) in [6, 6.07) is 16.8. The zero-order chi connectivity index (χ0) is 29.7.